The number of imidazole rings is 1. The first kappa shape index (κ1) is 17.9. The number of aliphatic hydroxyl groups is 1. The summed E-state index contributed by atoms with van der Waals surface area (Å²) in [4.78, 5) is 17.9. The summed E-state index contributed by atoms with van der Waals surface area (Å²) >= 11 is 1.34. The zero-order valence-corrected chi connectivity index (χ0v) is 15.7. The quantitative estimate of drug-likeness (QED) is 0.702. The molecule has 0 unspecified atom stereocenters. The molecule has 0 bridgehead atoms. The summed E-state index contributed by atoms with van der Waals surface area (Å²) in [5.41, 5.74) is 1.12. The van der Waals surface area contributed by atoms with E-state index < -0.39 is 11.4 Å². The van der Waals surface area contributed by atoms with Gasteiger partial charge >= 0.3 is 0 Å². The Hall–Kier alpha value is -2.45. The van der Waals surface area contributed by atoms with Crippen molar-refractivity contribution >= 4 is 22.2 Å². The summed E-state index contributed by atoms with van der Waals surface area (Å²) in [7, 11) is 1.42. The molecule has 1 aromatic carbocycles. The molecule has 2 N–H and O–H groups in total. The molecule has 0 aliphatic heterocycles. The van der Waals surface area contributed by atoms with E-state index in [1.54, 1.807) is 28.1 Å². The number of nitrogens with one attached hydrogen (secondary N) is 1. The lowest BCUT2D eigenvalue weighted by atomic mass is 9.99. The number of thiazole rings is 1. The number of nitrogens with zero attached hydrogens (tertiary/aromatic N) is 2. The number of hydrogen-bond acceptors (Lipinski definition) is 5. The lowest BCUT2D eigenvalue weighted by Crippen LogP contribution is -2.49. The van der Waals surface area contributed by atoms with Gasteiger partial charge in [0.2, 0.25) is 0 Å². The van der Waals surface area contributed by atoms with Crippen LogP contribution in [0.4, 0.5) is 4.39 Å². The molecule has 4 rings (SSSR count). The minimum Gasteiger partial charge on any atom is -0.494 e. The highest BCUT2D eigenvalue weighted by Crippen LogP contribution is 2.31. The van der Waals surface area contributed by atoms with Gasteiger partial charge < -0.3 is 15.2 Å². The van der Waals surface area contributed by atoms with Crippen LogP contribution in [-0.2, 0) is 0 Å². The van der Waals surface area contributed by atoms with Crippen molar-refractivity contribution in [3.63, 3.8) is 0 Å². The largest absolute Gasteiger partial charge is 0.494 e. The Balaban J connectivity index is 1.64. The maximum atomic E-state index is 14.0. The van der Waals surface area contributed by atoms with E-state index in [1.165, 1.54) is 24.5 Å². The minimum atomic E-state index is -0.534. The Bertz CT molecular complexity index is 991. The zero-order chi connectivity index (χ0) is 19.0. The highest BCUT2D eigenvalue weighted by Gasteiger charge is 2.35. The van der Waals surface area contributed by atoms with Gasteiger partial charge in [0.05, 0.1) is 24.9 Å². The molecule has 0 radical (unpaired) electrons. The number of rotatable bonds is 5. The highest BCUT2D eigenvalue weighted by atomic mass is 32.1. The number of hydrogen-bond donors (Lipinski definition) is 2. The van der Waals surface area contributed by atoms with E-state index in [-0.39, 0.29) is 18.3 Å². The van der Waals surface area contributed by atoms with E-state index in [9.17, 15) is 14.3 Å². The number of ether oxygens (including phenoxy) is 1. The van der Waals surface area contributed by atoms with Crippen molar-refractivity contribution in [1.82, 2.24) is 14.7 Å². The molecule has 27 heavy (non-hydrogen) atoms. The van der Waals surface area contributed by atoms with Crippen LogP contribution in [0.25, 0.3) is 16.2 Å². The second-order valence-corrected chi connectivity index (χ2v) is 7.69. The fourth-order valence-corrected chi connectivity index (χ4v) is 4.44. The van der Waals surface area contributed by atoms with E-state index >= 15 is 0 Å². The molecule has 2 aromatic heterocycles. The maximum Gasteiger partial charge on any atom is 0.269 e. The number of carbonyl (C=O) groups is 1. The summed E-state index contributed by atoms with van der Waals surface area (Å²) in [5, 5.41) is 14.5. The standard InChI is InChI=1S/C19H20FN3O3S/c1-26-16-5-4-12(8-13(16)20)14-9-23-15(10-27-18(23)21-14)17(25)22-19(11-24)6-2-3-7-19/h4-5,8-10,24H,2-3,6-7,11H2,1H3,(H,22,25). The normalized spacial score (nSPS) is 16.0. The van der Waals surface area contributed by atoms with Gasteiger partial charge in [-0.25, -0.2) is 9.37 Å². The third-order valence-corrected chi connectivity index (χ3v) is 5.97. The molecule has 1 fully saturated rings. The van der Waals surface area contributed by atoms with Gasteiger partial charge in [-0.2, -0.15) is 0 Å². The third-order valence-electron chi connectivity index (χ3n) is 5.13. The lowest BCUT2D eigenvalue weighted by molar-refractivity contribution is 0.0833. The molecule has 8 heteroatoms. The summed E-state index contributed by atoms with van der Waals surface area (Å²) in [6, 6.07) is 4.65. The minimum absolute atomic E-state index is 0.0632. The SMILES string of the molecule is COc1ccc(-c2cn3c(C(=O)NC4(CO)CCCC4)csc3n2)cc1F. The van der Waals surface area contributed by atoms with Crippen molar-refractivity contribution in [1.29, 1.82) is 0 Å². The Kier molecular flexibility index (Phi) is 4.61. The Labute approximate surface area is 159 Å². The monoisotopic (exact) mass is 389 g/mol. The number of fused-ring (bicyclic) bond motifs is 1. The molecule has 6 nitrogen and oxygen atoms in total. The van der Waals surface area contributed by atoms with Gasteiger partial charge in [0.15, 0.2) is 16.5 Å². The number of carbonyl (C=O) groups excluding carboxylic acids is 1. The molecule has 1 saturated carbocycles. The average molecular weight is 389 g/mol. The first-order valence-corrected chi connectivity index (χ1v) is 9.67. The van der Waals surface area contributed by atoms with Gasteiger partial charge in [0.25, 0.3) is 5.91 Å². The van der Waals surface area contributed by atoms with Gasteiger partial charge in [0, 0.05) is 17.1 Å². The van der Waals surface area contributed by atoms with E-state index in [0.717, 1.165) is 25.7 Å². The van der Waals surface area contributed by atoms with Crippen molar-refractivity contribution < 1.29 is 19.0 Å². The Morgan fingerprint density at radius 3 is 2.89 bits per heavy atom. The Morgan fingerprint density at radius 2 is 2.22 bits per heavy atom. The van der Waals surface area contributed by atoms with Crippen LogP contribution in [0.15, 0.2) is 29.8 Å². The summed E-state index contributed by atoms with van der Waals surface area (Å²) in [5.74, 6) is -0.525. The van der Waals surface area contributed by atoms with Crippen molar-refractivity contribution in [3.05, 3.63) is 41.3 Å². The van der Waals surface area contributed by atoms with E-state index in [0.29, 0.717) is 21.9 Å². The third kappa shape index (κ3) is 3.19. The summed E-state index contributed by atoms with van der Waals surface area (Å²) in [6.45, 7) is -0.0632. The maximum absolute atomic E-state index is 14.0. The second-order valence-electron chi connectivity index (χ2n) is 6.85. The molecule has 0 atom stereocenters. The van der Waals surface area contributed by atoms with Gasteiger partial charge in [-0.05, 0) is 31.0 Å². The lowest BCUT2D eigenvalue weighted by Gasteiger charge is -2.27. The van der Waals surface area contributed by atoms with Crippen LogP contribution in [0.3, 0.4) is 0 Å². The highest BCUT2D eigenvalue weighted by molar-refractivity contribution is 7.15. The average Bonchev–Trinajstić information content (AvgIpc) is 3.37. The summed E-state index contributed by atoms with van der Waals surface area (Å²) < 4.78 is 20.6. The molecule has 2 heterocycles. The fourth-order valence-electron chi connectivity index (χ4n) is 3.59. The molecule has 1 aliphatic carbocycles. The molecule has 0 spiro atoms. The van der Waals surface area contributed by atoms with E-state index in [1.807, 2.05) is 0 Å². The fraction of sp³-hybridized carbons (Fsp3) is 0.368. The van der Waals surface area contributed by atoms with Gasteiger partial charge in [-0.3, -0.25) is 9.20 Å². The van der Waals surface area contributed by atoms with Crippen LogP contribution in [-0.4, -0.2) is 39.7 Å². The molecule has 0 saturated heterocycles. The molecule has 1 aliphatic rings. The number of halogens is 1. The molecular formula is C19H20FN3O3S. The van der Waals surface area contributed by atoms with Crippen molar-refractivity contribution in [3.8, 4) is 17.0 Å². The number of benzene rings is 1. The molecule has 1 amide bonds. The number of amides is 1. The molecular weight excluding hydrogens is 369 g/mol. The van der Waals surface area contributed by atoms with Gasteiger partial charge in [-0.15, -0.1) is 11.3 Å². The van der Waals surface area contributed by atoms with Crippen molar-refractivity contribution in [2.24, 2.45) is 0 Å². The predicted molar refractivity (Wildman–Crippen MR) is 101 cm³/mol. The van der Waals surface area contributed by atoms with Gasteiger partial charge in [0.1, 0.15) is 5.69 Å². The predicted octanol–water partition coefficient (Wildman–Crippen LogP) is 3.25. The van der Waals surface area contributed by atoms with E-state index in [4.69, 9.17) is 4.74 Å². The second kappa shape index (κ2) is 6.94. The van der Waals surface area contributed by atoms with Crippen LogP contribution >= 0.6 is 11.3 Å². The van der Waals surface area contributed by atoms with Crippen LogP contribution in [0.5, 0.6) is 5.75 Å². The van der Waals surface area contributed by atoms with Crippen LogP contribution in [0.2, 0.25) is 0 Å². The molecule has 142 valence electrons. The van der Waals surface area contributed by atoms with Crippen LogP contribution < -0.4 is 10.1 Å². The van der Waals surface area contributed by atoms with Crippen LogP contribution in [0.1, 0.15) is 36.2 Å². The van der Waals surface area contributed by atoms with Crippen molar-refractivity contribution in [2.45, 2.75) is 31.2 Å². The topological polar surface area (TPSA) is 75.9 Å². The zero-order valence-electron chi connectivity index (χ0n) is 14.9. The van der Waals surface area contributed by atoms with Crippen LogP contribution in [0, 0.1) is 5.82 Å². The van der Waals surface area contributed by atoms with E-state index in [2.05, 4.69) is 10.3 Å². The smallest absolute Gasteiger partial charge is 0.269 e. The Morgan fingerprint density at radius 1 is 1.44 bits per heavy atom. The first-order valence-electron chi connectivity index (χ1n) is 8.79. The molecule has 3 aromatic rings. The van der Waals surface area contributed by atoms with Gasteiger partial charge in [-0.1, -0.05) is 12.8 Å². The number of aromatic nitrogens is 2. The summed E-state index contributed by atoms with van der Waals surface area (Å²) in [6.07, 6.45) is 5.28. The first-order chi connectivity index (χ1) is 13.0. The number of methoxy groups -OCH3 is 1. The number of aliphatic hydroxyl groups excluding tert-OH is 1. The van der Waals surface area contributed by atoms with Crippen molar-refractivity contribution in [2.75, 3.05) is 13.7 Å².